The van der Waals surface area contributed by atoms with Crippen LogP contribution in [0.5, 0.6) is 11.5 Å². The van der Waals surface area contributed by atoms with Crippen molar-refractivity contribution in [2.24, 2.45) is 5.92 Å². The number of methoxy groups -OCH3 is 2. The average Bonchev–Trinajstić information content (AvgIpc) is 3.60. The number of anilines is 1. The molecule has 0 atom stereocenters. The first kappa shape index (κ1) is 49.6. The maximum atomic E-state index is 12.5. The third-order valence-electron chi connectivity index (χ3n) is 13.2. The topological polar surface area (TPSA) is 151 Å². The van der Waals surface area contributed by atoms with E-state index in [9.17, 15) is 30.7 Å². The summed E-state index contributed by atoms with van der Waals surface area (Å²) in [4.78, 5) is 14.8. The van der Waals surface area contributed by atoms with Crippen LogP contribution in [0.1, 0.15) is 115 Å². The average molecular weight is 928 g/mol. The van der Waals surface area contributed by atoms with Crippen LogP contribution in [0.2, 0.25) is 0 Å². The molecule has 1 aliphatic carbocycles. The molecule has 2 heterocycles. The van der Waals surface area contributed by atoms with Crippen molar-refractivity contribution in [3.63, 3.8) is 0 Å². The summed E-state index contributed by atoms with van der Waals surface area (Å²) in [5.74, 6) is 1.19. The summed E-state index contributed by atoms with van der Waals surface area (Å²) in [5.41, 5.74) is 11.4. The fourth-order valence-corrected chi connectivity index (χ4v) is 10.7. The zero-order chi connectivity index (χ0) is 47.3. The van der Waals surface area contributed by atoms with Crippen LogP contribution in [0.15, 0.2) is 102 Å². The number of allylic oxidation sites excluding steroid dienone is 8. The molecule has 0 unspecified atom stereocenters. The molecule has 0 saturated carbocycles. The highest BCUT2D eigenvalue weighted by atomic mass is 32.2. The second-order valence-electron chi connectivity index (χ2n) is 18.8. The fourth-order valence-electron chi connectivity index (χ4n) is 9.54. The van der Waals surface area contributed by atoms with E-state index >= 15 is 0 Å². The van der Waals surface area contributed by atoms with Gasteiger partial charge in [0.2, 0.25) is 5.69 Å². The molecule has 0 bridgehead atoms. The SMILES string of the molecule is COc1ccc2c(c1)C(C)(C)C(/C=C/C1=C(c3ccc(CCC(=O)C(C)C)cc3)C(=C/C=C3/N(CCCCS(=O)(=O)O)c4ccc(OC)cc4C3(C)C)/CCC1)=[N+]2CCCCS(=O)(=O)O. The van der Waals surface area contributed by atoms with Gasteiger partial charge in [-0.25, -0.2) is 0 Å². The second-order valence-corrected chi connectivity index (χ2v) is 22.0. The molecule has 13 heteroatoms. The van der Waals surface area contributed by atoms with E-state index in [4.69, 9.17) is 9.47 Å². The summed E-state index contributed by atoms with van der Waals surface area (Å²) in [6.07, 6.45) is 14.5. The normalized spacial score (nSPS) is 18.4. The van der Waals surface area contributed by atoms with Crippen LogP contribution in [0.25, 0.3) is 5.57 Å². The number of nitrogens with zero attached hydrogens (tertiary/aromatic N) is 2. The number of unbranched alkanes of at least 4 members (excludes halogenated alkanes) is 2. The highest BCUT2D eigenvalue weighted by Crippen LogP contribution is 2.50. The molecule has 3 aromatic carbocycles. The molecule has 0 fully saturated rings. The van der Waals surface area contributed by atoms with Gasteiger partial charge in [0.25, 0.3) is 20.2 Å². The summed E-state index contributed by atoms with van der Waals surface area (Å²) in [5, 5.41) is 0. The summed E-state index contributed by atoms with van der Waals surface area (Å²) < 4.78 is 78.8. The number of carbonyl (C=O) groups excluding carboxylic acids is 1. The molecule has 65 heavy (non-hydrogen) atoms. The van der Waals surface area contributed by atoms with Gasteiger partial charge >= 0.3 is 0 Å². The van der Waals surface area contributed by atoms with Crippen LogP contribution < -0.4 is 14.4 Å². The van der Waals surface area contributed by atoms with Crippen LogP contribution in [-0.2, 0) is 42.3 Å². The Bertz CT molecular complexity index is 2650. The van der Waals surface area contributed by atoms with E-state index in [0.29, 0.717) is 51.6 Å². The maximum Gasteiger partial charge on any atom is 0.264 e. The van der Waals surface area contributed by atoms with Gasteiger partial charge in [0, 0.05) is 59.8 Å². The molecule has 11 nitrogen and oxygen atoms in total. The third-order valence-corrected chi connectivity index (χ3v) is 14.8. The lowest BCUT2D eigenvalue weighted by Crippen LogP contribution is -2.28. The molecule has 0 aromatic heterocycles. The van der Waals surface area contributed by atoms with Crippen molar-refractivity contribution in [1.29, 1.82) is 0 Å². The summed E-state index contributed by atoms with van der Waals surface area (Å²) >= 11 is 0. The van der Waals surface area contributed by atoms with Crippen molar-refractivity contribution < 1.29 is 44.8 Å². The van der Waals surface area contributed by atoms with E-state index in [1.54, 1.807) is 14.2 Å². The number of hydrogen-bond acceptors (Lipinski definition) is 8. The van der Waals surface area contributed by atoms with Gasteiger partial charge in [-0.2, -0.15) is 21.4 Å². The van der Waals surface area contributed by atoms with Crippen molar-refractivity contribution in [2.45, 2.75) is 110 Å². The Balaban J connectivity index is 1.46. The van der Waals surface area contributed by atoms with Gasteiger partial charge in [0.05, 0.1) is 31.1 Å². The smallest absolute Gasteiger partial charge is 0.264 e. The lowest BCUT2D eigenvalue weighted by Gasteiger charge is -2.28. The van der Waals surface area contributed by atoms with Crippen molar-refractivity contribution in [2.75, 3.05) is 43.7 Å². The zero-order valence-electron chi connectivity index (χ0n) is 39.3. The van der Waals surface area contributed by atoms with Gasteiger partial charge < -0.3 is 14.4 Å². The van der Waals surface area contributed by atoms with E-state index < -0.39 is 31.1 Å². The second kappa shape index (κ2) is 20.4. The third kappa shape index (κ3) is 11.8. The van der Waals surface area contributed by atoms with Crippen molar-refractivity contribution in [3.8, 4) is 11.5 Å². The van der Waals surface area contributed by atoms with Gasteiger partial charge in [0.15, 0.2) is 5.71 Å². The van der Waals surface area contributed by atoms with Gasteiger partial charge in [-0.1, -0.05) is 64.1 Å². The van der Waals surface area contributed by atoms with E-state index in [0.717, 1.165) is 81.4 Å². The van der Waals surface area contributed by atoms with Gasteiger partial charge in [0.1, 0.15) is 23.8 Å². The molecule has 3 aromatic rings. The Morgan fingerprint density at radius 3 is 2.05 bits per heavy atom. The number of benzene rings is 3. The molecular weight excluding hydrogens is 861 g/mol. The predicted octanol–water partition coefficient (Wildman–Crippen LogP) is 10.4. The number of ether oxygens (including phenoxy) is 2. The molecule has 350 valence electrons. The fraction of sp³-hybridized carbons (Fsp3) is 0.462. The summed E-state index contributed by atoms with van der Waals surface area (Å²) in [7, 11) is -4.83. The number of hydrogen-bond donors (Lipinski definition) is 2. The lowest BCUT2D eigenvalue weighted by atomic mass is 9.79. The number of ketones is 1. The highest BCUT2D eigenvalue weighted by molar-refractivity contribution is 7.86. The van der Waals surface area contributed by atoms with Crippen LogP contribution >= 0.6 is 0 Å². The molecule has 0 amide bonds. The number of carbonyl (C=O) groups is 1. The van der Waals surface area contributed by atoms with E-state index in [1.165, 1.54) is 11.1 Å². The van der Waals surface area contributed by atoms with Crippen LogP contribution in [0, 0.1) is 5.92 Å². The van der Waals surface area contributed by atoms with Gasteiger partial charge in [-0.15, -0.1) is 0 Å². The minimum Gasteiger partial charge on any atom is -0.497 e. The van der Waals surface area contributed by atoms with Crippen LogP contribution in [-0.4, -0.2) is 80.8 Å². The van der Waals surface area contributed by atoms with Crippen molar-refractivity contribution >= 4 is 48.7 Å². The molecule has 2 aliphatic heterocycles. The monoisotopic (exact) mass is 927 g/mol. The molecule has 3 aliphatic rings. The van der Waals surface area contributed by atoms with E-state index in [2.05, 4.69) is 110 Å². The zero-order valence-corrected chi connectivity index (χ0v) is 40.9. The highest BCUT2D eigenvalue weighted by Gasteiger charge is 2.45. The predicted molar refractivity (Wildman–Crippen MR) is 261 cm³/mol. The van der Waals surface area contributed by atoms with Gasteiger partial charge in [-0.3, -0.25) is 13.9 Å². The minimum absolute atomic E-state index is 0.00440. The summed E-state index contributed by atoms with van der Waals surface area (Å²) in [6, 6.07) is 20.8. The maximum absolute atomic E-state index is 12.5. The van der Waals surface area contributed by atoms with E-state index in [1.807, 2.05) is 26.0 Å². The molecule has 0 radical (unpaired) electrons. The van der Waals surface area contributed by atoms with Crippen LogP contribution in [0.3, 0.4) is 0 Å². The Hall–Kier alpha value is -4.82. The van der Waals surface area contributed by atoms with Crippen molar-refractivity contribution in [1.82, 2.24) is 0 Å². The molecule has 6 rings (SSSR count). The quantitative estimate of drug-likeness (QED) is 0.0637. The first-order chi connectivity index (χ1) is 30.6. The number of rotatable bonds is 20. The molecule has 0 spiro atoms. The standard InChI is InChI=1S/C52H66N2O9S2/c1-36(2)47(55)27-18-37-16-19-40(20-17-37)50-38(21-28-48-51(3,4)43-34-41(62-7)23-25-45(43)53(48)30-9-11-32-64(56,57)58)14-13-15-39(50)22-29-49-52(5,6)44-35-42(63-8)24-26-46(44)54(49)31-10-12-33-65(59,60)61/h16-17,19-26,28-29,34-36H,9-15,18,27,30-33H2,1-8H3,(H-,56,57,58,59,60,61)/p+1. The number of fused-ring (bicyclic) bond motifs is 2. The first-order valence-electron chi connectivity index (χ1n) is 22.8. The van der Waals surface area contributed by atoms with E-state index in [-0.39, 0.29) is 23.2 Å². The van der Waals surface area contributed by atoms with Crippen LogP contribution in [0.4, 0.5) is 11.4 Å². The lowest BCUT2D eigenvalue weighted by molar-refractivity contribution is -0.438. The Kier molecular flexibility index (Phi) is 15.5. The largest absolute Gasteiger partial charge is 0.497 e. The molecule has 0 saturated heterocycles. The minimum atomic E-state index is -4.07. The Morgan fingerprint density at radius 1 is 0.785 bits per heavy atom. The Labute approximate surface area is 387 Å². The van der Waals surface area contributed by atoms with Crippen molar-refractivity contribution in [3.05, 3.63) is 124 Å². The Morgan fingerprint density at radius 2 is 1.42 bits per heavy atom. The summed E-state index contributed by atoms with van der Waals surface area (Å²) in [6.45, 7) is 13.8. The number of Topliss-reactive ketones (excluding diaryl/α,β-unsaturated/α-hetero) is 1. The van der Waals surface area contributed by atoms with Gasteiger partial charge in [-0.05, 0) is 129 Å². The molecular formula is C52H67N2O9S2+. The first-order valence-corrected chi connectivity index (χ1v) is 26.0. The molecule has 2 N–H and O–H groups in total. The number of aryl methyl sites for hydroxylation is 1.